The van der Waals surface area contributed by atoms with Crippen molar-refractivity contribution in [3.05, 3.63) is 72.3 Å². The quantitative estimate of drug-likeness (QED) is 0.359. The highest BCUT2D eigenvalue weighted by Crippen LogP contribution is 2.34. The SMILES string of the molecule is Cc1cc(Nc2ncnc3cccc(O[C@H](C)C(=O)N4CCOCC4)c23)ccc1Oc1ccc(CO)nc1. The number of ether oxygens (including phenoxy) is 3. The third-order valence-electron chi connectivity index (χ3n) is 6.22. The number of hydrogen-bond acceptors (Lipinski definition) is 9. The number of carbonyl (C=O) groups excluding carboxylic acids is 1. The smallest absolute Gasteiger partial charge is 0.263 e. The molecule has 1 amide bonds. The largest absolute Gasteiger partial charge is 0.480 e. The van der Waals surface area contributed by atoms with Crippen LogP contribution in [-0.2, 0) is 16.1 Å². The molecule has 4 aromatic rings. The average molecular weight is 516 g/mol. The second kappa shape index (κ2) is 11.4. The Kier molecular flexibility index (Phi) is 7.62. The van der Waals surface area contributed by atoms with E-state index in [1.165, 1.54) is 6.33 Å². The molecule has 2 aromatic heterocycles. The van der Waals surface area contributed by atoms with Gasteiger partial charge in [0.15, 0.2) is 6.10 Å². The van der Waals surface area contributed by atoms with Crippen molar-refractivity contribution in [2.24, 2.45) is 0 Å². The zero-order chi connectivity index (χ0) is 26.5. The van der Waals surface area contributed by atoms with Gasteiger partial charge in [0.1, 0.15) is 29.4 Å². The Morgan fingerprint density at radius 1 is 1.11 bits per heavy atom. The maximum atomic E-state index is 12.9. The summed E-state index contributed by atoms with van der Waals surface area (Å²) in [6, 6.07) is 14.7. The molecule has 3 heterocycles. The van der Waals surface area contributed by atoms with Crippen LogP contribution in [0, 0.1) is 6.92 Å². The Labute approximate surface area is 220 Å². The van der Waals surface area contributed by atoms with Crippen LogP contribution < -0.4 is 14.8 Å². The van der Waals surface area contributed by atoms with Crippen molar-refractivity contribution in [3.63, 3.8) is 0 Å². The summed E-state index contributed by atoms with van der Waals surface area (Å²) in [5.41, 5.74) is 2.98. The van der Waals surface area contributed by atoms with Crippen LogP contribution in [0.4, 0.5) is 11.5 Å². The summed E-state index contributed by atoms with van der Waals surface area (Å²) in [4.78, 5) is 27.7. The van der Waals surface area contributed by atoms with E-state index in [-0.39, 0.29) is 12.5 Å². The predicted molar refractivity (Wildman–Crippen MR) is 142 cm³/mol. The molecule has 0 radical (unpaired) electrons. The van der Waals surface area contributed by atoms with Crippen LogP contribution in [0.15, 0.2) is 61.1 Å². The van der Waals surface area contributed by atoms with E-state index in [9.17, 15) is 9.90 Å². The standard InChI is InChI=1S/C28H29N5O5/c1-18-14-20(7-9-24(18)38-22-8-6-21(16-34)29-15-22)32-27-26-23(30-17-31-27)4-3-5-25(26)37-19(2)28(35)33-10-12-36-13-11-33/h3-9,14-15,17,19,34H,10-13,16H2,1-2H3,(H,30,31,32)/t19-/m1/s1. The molecule has 10 nitrogen and oxygen atoms in total. The number of benzene rings is 2. The topological polar surface area (TPSA) is 119 Å². The summed E-state index contributed by atoms with van der Waals surface area (Å²) in [5.74, 6) is 2.27. The van der Waals surface area contributed by atoms with Crippen LogP contribution in [0.2, 0.25) is 0 Å². The summed E-state index contributed by atoms with van der Waals surface area (Å²) in [5, 5.41) is 13.2. The predicted octanol–water partition coefficient (Wildman–Crippen LogP) is 3.99. The molecule has 196 valence electrons. The lowest BCUT2D eigenvalue weighted by molar-refractivity contribution is -0.142. The highest BCUT2D eigenvalue weighted by molar-refractivity contribution is 5.96. The lowest BCUT2D eigenvalue weighted by atomic mass is 10.1. The first-order valence-electron chi connectivity index (χ1n) is 12.4. The van der Waals surface area contributed by atoms with Gasteiger partial charge >= 0.3 is 0 Å². The number of pyridine rings is 1. The van der Waals surface area contributed by atoms with E-state index in [1.807, 2.05) is 43.3 Å². The monoisotopic (exact) mass is 515 g/mol. The third-order valence-corrected chi connectivity index (χ3v) is 6.22. The maximum absolute atomic E-state index is 12.9. The Morgan fingerprint density at radius 3 is 2.68 bits per heavy atom. The first-order valence-corrected chi connectivity index (χ1v) is 12.4. The van der Waals surface area contributed by atoms with E-state index in [0.29, 0.717) is 66.0 Å². The fourth-order valence-electron chi connectivity index (χ4n) is 4.22. The van der Waals surface area contributed by atoms with Crippen molar-refractivity contribution >= 4 is 28.3 Å². The first kappa shape index (κ1) is 25.4. The number of morpholine rings is 1. The van der Waals surface area contributed by atoms with E-state index in [4.69, 9.17) is 14.2 Å². The summed E-state index contributed by atoms with van der Waals surface area (Å²) in [6.07, 6.45) is 2.40. The molecule has 1 saturated heterocycles. The fraction of sp³-hybridized carbons (Fsp3) is 0.286. The van der Waals surface area contributed by atoms with Gasteiger partial charge in [0.25, 0.3) is 5.91 Å². The molecule has 0 aliphatic carbocycles. The van der Waals surface area contributed by atoms with Gasteiger partial charge in [-0.1, -0.05) is 6.07 Å². The van der Waals surface area contributed by atoms with Gasteiger partial charge in [0.05, 0.1) is 42.6 Å². The van der Waals surface area contributed by atoms with E-state index >= 15 is 0 Å². The second-order valence-electron chi connectivity index (χ2n) is 8.92. The molecule has 1 atom stereocenters. The maximum Gasteiger partial charge on any atom is 0.263 e. The van der Waals surface area contributed by atoms with Crippen LogP contribution in [0.5, 0.6) is 17.2 Å². The molecular weight excluding hydrogens is 486 g/mol. The summed E-state index contributed by atoms with van der Waals surface area (Å²) < 4.78 is 17.5. The van der Waals surface area contributed by atoms with E-state index in [2.05, 4.69) is 20.3 Å². The number of hydrogen-bond donors (Lipinski definition) is 2. The minimum absolute atomic E-state index is 0.0796. The van der Waals surface area contributed by atoms with Gasteiger partial charge < -0.3 is 29.5 Å². The Balaban J connectivity index is 1.36. The number of carbonyl (C=O) groups is 1. The molecule has 5 rings (SSSR count). The van der Waals surface area contributed by atoms with Gasteiger partial charge in [-0.25, -0.2) is 9.97 Å². The van der Waals surface area contributed by atoms with E-state index < -0.39 is 6.10 Å². The average Bonchev–Trinajstić information content (AvgIpc) is 2.95. The third kappa shape index (κ3) is 5.66. The van der Waals surface area contributed by atoms with Gasteiger partial charge in [-0.15, -0.1) is 0 Å². The number of fused-ring (bicyclic) bond motifs is 1. The molecule has 1 aliphatic heterocycles. The minimum atomic E-state index is -0.675. The Morgan fingerprint density at radius 2 is 1.95 bits per heavy atom. The number of nitrogens with zero attached hydrogens (tertiary/aromatic N) is 4. The number of aliphatic hydroxyl groups is 1. The van der Waals surface area contributed by atoms with Crippen molar-refractivity contribution in [2.75, 3.05) is 31.6 Å². The van der Waals surface area contributed by atoms with Gasteiger partial charge in [-0.2, -0.15) is 0 Å². The fourth-order valence-corrected chi connectivity index (χ4v) is 4.22. The lowest BCUT2D eigenvalue weighted by Gasteiger charge is -2.29. The first-order chi connectivity index (χ1) is 18.5. The van der Waals surface area contributed by atoms with Crippen molar-refractivity contribution in [1.29, 1.82) is 0 Å². The highest BCUT2D eigenvalue weighted by atomic mass is 16.5. The number of rotatable bonds is 8. The zero-order valence-electron chi connectivity index (χ0n) is 21.3. The van der Waals surface area contributed by atoms with Crippen LogP contribution >= 0.6 is 0 Å². The Bertz CT molecular complexity index is 1420. The number of amides is 1. The molecule has 10 heteroatoms. The molecule has 38 heavy (non-hydrogen) atoms. The normalized spacial score (nSPS) is 14.2. The molecule has 2 N–H and O–H groups in total. The second-order valence-corrected chi connectivity index (χ2v) is 8.92. The summed E-state index contributed by atoms with van der Waals surface area (Å²) >= 11 is 0. The van der Waals surface area contributed by atoms with E-state index in [1.54, 1.807) is 30.2 Å². The van der Waals surface area contributed by atoms with Crippen molar-refractivity contribution in [3.8, 4) is 17.2 Å². The van der Waals surface area contributed by atoms with Crippen LogP contribution in [0.3, 0.4) is 0 Å². The number of nitrogens with one attached hydrogen (secondary N) is 1. The molecule has 1 fully saturated rings. The van der Waals surface area contributed by atoms with E-state index in [0.717, 1.165) is 11.3 Å². The van der Waals surface area contributed by atoms with Gasteiger partial charge in [0.2, 0.25) is 0 Å². The van der Waals surface area contributed by atoms with Crippen LogP contribution in [0.25, 0.3) is 10.9 Å². The highest BCUT2D eigenvalue weighted by Gasteiger charge is 2.25. The molecule has 2 aromatic carbocycles. The zero-order valence-corrected chi connectivity index (χ0v) is 21.3. The summed E-state index contributed by atoms with van der Waals surface area (Å²) in [7, 11) is 0. The number of aryl methyl sites for hydroxylation is 1. The molecule has 0 spiro atoms. The molecule has 1 aliphatic rings. The number of aliphatic hydroxyl groups excluding tert-OH is 1. The van der Waals surface area contributed by atoms with Gasteiger partial charge in [0, 0.05) is 18.8 Å². The van der Waals surface area contributed by atoms with Crippen LogP contribution in [0.1, 0.15) is 18.2 Å². The van der Waals surface area contributed by atoms with Crippen LogP contribution in [-0.4, -0.2) is 63.3 Å². The molecular formula is C28H29N5O5. The van der Waals surface area contributed by atoms with Crippen molar-refractivity contribution in [2.45, 2.75) is 26.6 Å². The molecule has 0 unspecified atom stereocenters. The minimum Gasteiger partial charge on any atom is -0.480 e. The van der Waals surface area contributed by atoms with Crippen molar-refractivity contribution in [1.82, 2.24) is 19.9 Å². The number of anilines is 2. The molecule has 0 bridgehead atoms. The summed E-state index contributed by atoms with van der Waals surface area (Å²) in [6.45, 7) is 5.76. The van der Waals surface area contributed by atoms with Gasteiger partial charge in [-0.05, 0) is 61.9 Å². The Hall–Kier alpha value is -4.28. The van der Waals surface area contributed by atoms with Gasteiger partial charge in [-0.3, -0.25) is 9.78 Å². The molecule has 0 saturated carbocycles. The lowest BCUT2D eigenvalue weighted by Crippen LogP contribution is -2.46. The van der Waals surface area contributed by atoms with Crippen molar-refractivity contribution < 1.29 is 24.1 Å². The number of aromatic nitrogens is 3.